The zero-order chi connectivity index (χ0) is 23.0. The van der Waals surface area contributed by atoms with Gasteiger partial charge in [-0.15, -0.1) is 0 Å². The van der Waals surface area contributed by atoms with Gasteiger partial charge in [0.25, 0.3) is 11.8 Å². The van der Waals surface area contributed by atoms with Crippen LogP contribution < -0.4 is 16.0 Å². The summed E-state index contributed by atoms with van der Waals surface area (Å²) in [6, 6.07) is 27.5. The summed E-state index contributed by atoms with van der Waals surface area (Å²) in [7, 11) is 0. The summed E-state index contributed by atoms with van der Waals surface area (Å²) in [5.74, 6) is -1.14. The maximum atomic E-state index is 13.0. The van der Waals surface area contributed by atoms with Crippen LogP contribution in [0.1, 0.15) is 6.42 Å². The van der Waals surface area contributed by atoms with Crippen molar-refractivity contribution in [2.45, 2.75) is 12.6 Å². The summed E-state index contributed by atoms with van der Waals surface area (Å²) in [4.78, 5) is 25.9. The van der Waals surface area contributed by atoms with Gasteiger partial charge in [-0.3, -0.25) is 9.59 Å². The van der Waals surface area contributed by atoms with Crippen molar-refractivity contribution in [1.29, 1.82) is 0 Å². The Balaban J connectivity index is 1.56. The highest BCUT2D eigenvalue weighted by Crippen LogP contribution is 2.28. The lowest BCUT2D eigenvalue weighted by Gasteiger charge is -2.26. The third kappa shape index (κ3) is 5.96. The van der Waals surface area contributed by atoms with Gasteiger partial charge >= 0.3 is 0 Å². The van der Waals surface area contributed by atoms with E-state index in [-0.39, 0.29) is 18.2 Å². The topological polar surface area (TPSA) is 90.5 Å². The standard InChI is InChI=1S/C27H25N3O3/c31-25(28-22-10-4-1-5-11-22)19-16-20(26(32)29-23-12-6-2-7-13-23)18-21(17-19)27(33)30-24-14-8-3-9-15-24/h1-17,20,26,29,32H,18H2,(H,28,31)(H,30,33). The smallest absolute Gasteiger partial charge is 0.255 e. The fourth-order valence-corrected chi connectivity index (χ4v) is 3.61. The van der Waals surface area contributed by atoms with Gasteiger partial charge in [0.15, 0.2) is 0 Å². The van der Waals surface area contributed by atoms with E-state index in [1.807, 2.05) is 66.7 Å². The summed E-state index contributed by atoms with van der Waals surface area (Å²) >= 11 is 0. The second-order valence-electron chi connectivity index (χ2n) is 7.76. The van der Waals surface area contributed by atoms with E-state index in [0.717, 1.165) is 5.69 Å². The molecule has 0 spiro atoms. The Morgan fingerprint density at radius 3 is 1.76 bits per heavy atom. The first-order valence-corrected chi connectivity index (χ1v) is 10.7. The number of carbonyl (C=O) groups is 2. The predicted octanol–water partition coefficient (Wildman–Crippen LogP) is 4.57. The second-order valence-corrected chi connectivity index (χ2v) is 7.76. The number of aliphatic hydroxyl groups is 1. The molecule has 6 heteroatoms. The van der Waals surface area contributed by atoms with E-state index >= 15 is 0 Å². The normalized spacial score (nSPS) is 16.1. The first-order valence-electron chi connectivity index (χ1n) is 10.7. The number of rotatable bonds is 7. The largest absolute Gasteiger partial charge is 0.373 e. The van der Waals surface area contributed by atoms with Gasteiger partial charge in [0.1, 0.15) is 6.23 Å². The van der Waals surface area contributed by atoms with Crippen LogP contribution >= 0.6 is 0 Å². The van der Waals surface area contributed by atoms with Gasteiger partial charge in [-0.1, -0.05) is 60.7 Å². The molecule has 2 unspecified atom stereocenters. The molecule has 0 bridgehead atoms. The Hall–Kier alpha value is -4.16. The molecular formula is C27H25N3O3. The molecule has 0 aliphatic heterocycles. The van der Waals surface area contributed by atoms with Crippen molar-refractivity contribution in [1.82, 2.24) is 0 Å². The Labute approximate surface area is 192 Å². The molecule has 0 fully saturated rings. The number of nitrogens with one attached hydrogen (secondary N) is 3. The molecule has 6 nitrogen and oxygen atoms in total. The number of anilines is 3. The summed E-state index contributed by atoms with van der Waals surface area (Å²) in [5, 5.41) is 19.6. The van der Waals surface area contributed by atoms with E-state index in [1.54, 1.807) is 36.4 Å². The molecule has 0 aromatic heterocycles. The molecule has 3 aromatic rings. The molecule has 33 heavy (non-hydrogen) atoms. The van der Waals surface area contributed by atoms with Crippen molar-refractivity contribution >= 4 is 28.9 Å². The van der Waals surface area contributed by atoms with Crippen LogP contribution in [0, 0.1) is 5.92 Å². The van der Waals surface area contributed by atoms with Gasteiger partial charge in [-0.05, 0) is 48.9 Å². The summed E-state index contributed by atoms with van der Waals surface area (Å²) in [5.41, 5.74) is 2.80. The maximum Gasteiger partial charge on any atom is 0.255 e. The van der Waals surface area contributed by atoms with Gasteiger partial charge in [0, 0.05) is 34.1 Å². The van der Waals surface area contributed by atoms with E-state index in [1.165, 1.54) is 0 Å². The summed E-state index contributed by atoms with van der Waals surface area (Å²) in [6.45, 7) is 0. The molecule has 166 valence electrons. The van der Waals surface area contributed by atoms with Gasteiger partial charge in [0.05, 0.1) is 0 Å². The molecule has 0 saturated carbocycles. The van der Waals surface area contributed by atoms with Gasteiger partial charge in [0.2, 0.25) is 0 Å². The van der Waals surface area contributed by atoms with Gasteiger partial charge in [-0.2, -0.15) is 0 Å². The second kappa shape index (κ2) is 10.4. The Morgan fingerprint density at radius 1 is 0.727 bits per heavy atom. The molecule has 4 N–H and O–H groups in total. The Kier molecular flexibility index (Phi) is 6.97. The monoisotopic (exact) mass is 439 g/mol. The van der Waals surface area contributed by atoms with Crippen LogP contribution in [-0.2, 0) is 9.59 Å². The average Bonchev–Trinajstić information content (AvgIpc) is 2.85. The van der Waals surface area contributed by atoms with Gasteiger partial charge < -0.3 is 21.1 Å². The van der Waals surface area contributed by atoms with Crippen LogP contribution in [0.5, 0.6) is 0 Å². The van der Waals surface area contributed by atoms with Crippen LogP contribution in [0.15, 0.2) is 114 Å². The molecule has 0 saturated heterocycles. The van der Waals surface area contributed by atoms with Crippen molar-refractivity contribution in [3.8, 4) is 0 Å². The zero-order valence-corrected chi connectivity index (χ0v) is 17.9. The van der Waals surface area contributed by atoms with Crippen LogP contribution in [-0.4, -0.2) is 23.1 Å². The molecule has 2 atom stereocenters. The summed E-state index contributed by atoms with van der Waals surface area (Å²) in [6.07, 6.45) is 2.59. The molecule has 4 rings (SSSR count). The lowest BCUT2D eigenvalue weighted by Crippen LogP contribution is -2.32. The van der Waals surface area contributed by atoms with E-state index in [4.69, 9.17) is 0 Å². The number of para-hydroxylation sites is 3. The zero-order valence-electron chi connectivity index (χ0n) is 17.9. The molecular weight excluding hydrogens is 414 g/mol. The van der Waals surface area contributed by atoms with E-state index in [0.29, 0.717) is 22.5 Å². The minimum atomic E-state index is -0.986. The van der Waals surface area contributed by atoms with Gasteiger partial charge in [-0.25, -0.2) is 0 Å². The molecule has 2 amide bonds. The third-order valence-electron chi connectivity index (χ3n) is 5.29. The summed E-state index contributed by atoms with van der Waals surface area (Å²) < 4.78 is 0. The molecule has 0 heterocycles. The Bertz CT molecular complexity index is 1160. The van der Waals surface area contributed by atoms with Crippen LogP contribution in [0.3, 0.4) is 0 Å². The van der Waals surface area contributed by atoms with Crippen molar-refractivity contribution in [3.63, 3.8) is 0 Å². The fraction of sp³-hybridized carbons (Fsp3) is 0.111. The minimum Gasteiger partial charge on any atom is -0.373 e. The highest BCUT2D eigenvalue weighted by Gasteiger charge is 2.28. The van der Waals surface area contributed by atoms with Crippen molar-refractivity contribution in [2.24, 2.45) is 5.92 Å². The van der Waals surface area contributed by atoms with E-state index < -0.39 is 12.1 Å². The first kappa shape index (κ1) is 22.0. The number of hydrogen-bond donors (Lipinski definition) is 4. The van der Waals surface area contributed by atoms with E-state index in [9.17, 15) is 14.7 Å². The maximum absolute atomic E-state index is 13.0. The first-order chi connectivity index (χ1) is 16.1. The quantitative estimate of drug-likeness (QED) is 0.406. The molecule has 3 aromatic carbocycles. The average molecular weight is 440 g/mol. The minimum absolute atomic E-state index is 0.280. The van der Waals surface area contributed by atoms with Crippen molar-refractivity contribution in [2.75, 3.05) is 16.0 Å². The SMILES string of the molecule is O=C(Nc1ccccc1)C1=CC(C(O)Nc2ccccc2)CC(C(=O)Nc2ccccc2)=C1. The lowest BCUT2D eigenvalue weighted by molar-refractivity contribution is -0.113. The number of aliphatic hydroxyl groups excluding tert-OH is 1. The number of benzene rings is 3. The van der Waals surface area contributed by atoms with E-state index in [2.05, 4.69) is 16.0 Å². The number of amides is 2. The number of carbonyl (C=O) groups excluding carboxylic acids is 2. The molecule has 1 aliphatic carbocycles. The highest BCUT2D eigenvalue weighted by molar-refractivity contribution is 6.10. The Morgan fingerprint density at radius 2 is 1.21 bits per heavy atom. The third-order valence-corrected chi connectivity index (χ3v) is 5.29. The van der Waals surface area contributed by atoms with Crippen LogP contribution in [0.2, 0.25) is 0 Å². The van der Waals surface area contributed by atoms with Crippen LogP contribution in [0.25, 0.3) is 0 Å². The van der Waals surface area contributed by atoms with Crippen LogP contribution in [0.4, 0.5) is 17.1 Å². The highest BCUT2D eigenvalue weighted by atomic mass is 16.3. The lowest BCUT2D eigenvalue weighted by atomic mass is 9.88. The number of hydrogen-bond acceptors (Lipinski definition) is 4. The molecule has 1 aliphatic rings. The fourth-order valence-electron chi connectivity index (χ4n) is 3.61. The predicted molar refractivity (Wildman–Crippen MR) is 130 cm³/mol. The van der Waals surface area contributed by atoms with Crippen molar-refractivity contribution in [3.05, 3.63) is 114 Å². The molecule has 0 radical (unpaired) electrons. The van der Waals surface area contributed by atoms with Crippen molar-refractivity contribution < 1.29 is 14.7 Å².